The van der Waals surface area contributed by atoms with Crippen LogP contribution >= 0.6 is 11.3 Å². The molecule has 5 nitrogen and oxygen atoms in total. The first-order chi connectivity index (χ1) is 10.1. The molecule has 0 saturated heterocycles. The number of halogens is 1. The SMILES string of the molecule is O=C(NCC(O)c1ccccc1F)C(=O)Nc1ccsc1. The van der Waals surface area contributed by atoms with Gasteiger partial charge in [0, 0.05) is 17.5 Å². The van der Waals surface area contributed by atoms with Gasteiger partial charge in [0.05, 0.1) is 11.8 Å². The maximum atomic E-state index is 13.4. The van der Waals surface area contributed by atoms with Crippen molar-refractivity contribution in [2.24, 2.45) is 0 Å². The van der Waals surface area contributed by atoms with Gasteiger partial charge in [0.1, 0.15) is 5.82 Å². The third kappa shape index (κ3) is 4.11. The van der Waals surface area contributed by atoms with Crippen molar-refractivity contribution in [3.05, 3.63) is 52.5 Å². The Hall–Kier alpha value is -2.25. The largest absolute Gasteiger partial charge is 0.386 e. The molecule has 1 unspecified atom stereocenters. The van der Waals surface area contributed by atoms with Crippen LogP contribution < -0.4 is 10.6 Å². The Kier molecular flexibility index (Phi) is 5.02. The normalized spacial score (nSPS) is 11.7. The van der Waals surface area contributed by atoms with E-state index in [2.05, 4.69) is 10.6 Å². The van der Waals surface area contributed by atoms with Crippen LogP contribution in [0.25, 0.3) is 0 Å². The Morgan fingerprint density at radius 1 is 1.24 bits per heavy atom. The van der Waals surface area contributed by atoms with E-state index >= 15 is 0 Å². The van der Waals surface area contributed by atoms with Gasteiger partial charge < -0.3 is 15.7 Å². The second kappa shape index (κ2) is 6.96. The number of hydrogen-bond acceptors (Lipinski definition) is 4. The first-order valence-corrected chi connectivity index (χ1v) is 7.06. The zero-order valence-electron chi connectivity index (χ0n) is 10.9. The van der Waals surface area contributed by atoms with Crippen molar-refractivity contribution in [3.8, 4) is 0 Å². The number of aliphatic hydroxyl groups excluding tert-OH is 1. The molecule has 2 rings (SSSR count). The van der Waals surface area contributed by atoms with E-state index in [-0.39, 0.29) is 12.1 Å². The third-order valence-electron chi connectivity index (χ3n) is 2.71. The lowest BCUT2D eigenvalue weighted by Gasteiger charge is -2.12. The van der Waals surface area contributed by atoms with Crippen molar-refractivity contribution in [1.82, 2.24) is 5.32 Å². The molecular weight excluding hydrogens is 295 g/mol. The Morgan fingerprint density at radius 2 is 2.00 bits per heavy atom. The maximum Gasteiger partial charge on any atom is 0.313 e. The second-order valence-corrected chi connectivity index (χ2v) is 4.99. The summed E-state index contributed by atoms with van der Waals surface area (Å²) in [5.41, 5.74) is 0.589. The van der Waals surface area contributed by atoms with Gasteiger partial charge in [0.15, 0.2) is 0 Å². The minimum absolute atomic E-state index is 0.0658. The van der Waals surface area contributed by atoms with E-state index < -0.39 is 23.7 Å². The molecule has 3 N–H and O–H groups in total. The van der Waals surface area contributed by atoms with Gasteiger partial charge in [-0.15, -0.1) is 0 Å². The highest BCUT2D eigenvalue weighted by Crippen LogP contribution is 2.15. The van der Waals surface area contributed by atoms with Gasteiger partial charge in [-0.05, 0) is 17.5 Å². The number of hydrogen-bond donors (Lipinski definition) is 3. The fourth-order valence-electron chi connectivity index (χ4n) is 1.65. The summed E-state index contributed by atoms with van der Waals surface area (Å²) < 4.78 is 13.4. The number of thiophene rings is 1. The van der Waals surface area contributed by atoms with Crippen LogP contribution in [0.1, 0.15) is 11.7 Å². The lowest BCUT2D eigenvalue weighted by molar-refractivity contribution is -0.136. The van der Waals surface area contributed by atoms with E-state index in [4.69, 9.17) is 0 Å². The number of rotatable bonds is 4. The highest BCUT2D eigenvalue weighted by atomic mass is 32.1. The number of amides is 2. The molecule has 0 bridgehead atoms. The molecule has 110 valence electrons. The first kappa shape index (κ1) is 15.1. The van der Waals surface area contributed by atoms with Crippen LogP contribution in [-0.2, 0) is 9.59 Å². The predicted molar refractivity (Wildman–Crippen MR) is 77.3 cm³/mol. The summed E-state index contributed by atoms with van der Waals surface area (Å²) in [6, 6.07) is 7.36. The Morgan fingerprint density at radius 3 is 2.67 bits per heavy atom. The smallest absolute Gasteiger partial charge is 0.313 e. The van der Waals surface area contributed by atoms with Crippen molar-refractivity contribution in [2.45, 2.75) is 6.10 Å². The first-order valence-electron chi connectivity index (χ1n) is 6.12. The van der Waals surface area contributed by atoms with Crippen LogP contribution in [0.4, 0.5) is 10.1 Å². The molecule has 1 aromatic heterocycles. The lowest BCUT2D eigenvalue weighted by atomic mass is 10.1. The predicted octanol–water partition coefficient (Wildman–Crippen LogP) is 1.68. The standard InChI is InChI=1S/C14H13FN2O3S/c15-11-4-2-1-3-10(11)12(18)7-16-13(19)14(20)17-9-5-6-21-8-9/h1-6,8,12,18H,7H2,(H,16,19)(H,17,20). The molecule has 1 aromatic carbocycles. The highest BCUT2D eigenvalue weighted by molar-refractivity contribution is 7.08. The number of aliphatic hydroxyl groups is 1. The van der Waals surface area contributed by atoms with Crippen molar-refractivity contribution >= 4 is 28.8 Å². The molecule has 7 heteroatoms. The summed E-state index contributed by atoms with van der Waals surface area (Å²) in [6.45, 7) is -0.253. The third-order valence-corrected chi connectivity index (χ3v) is 3.39. The minimum atomic E-state index is -1.22. The maximum absolute atomic E-state index is 13.4. The van der Waals surface area contributed by atoms with E-state index in [9.17, 15) is 19.1 Å². The number of benzene rings is 1. The molecular formula is C14H13FN2O3S. The quantitative estimate of drug-likeness (QED) is 0.752. The van der Waals surface area contributed by atoms with E-state index in [0.717, 1.165) is 0 Å². The average Bonchev–Trinajstić information content (AvgIpc) is 2.97. The van der Waals surface area contributed by atoms with Gasteiger partial charge in [0.2, 0.25) is 0 Å². The molecule has 0 aliphatic carbocycles. The van der Waals surface area contributed by atoms with E-state index in [0.29, 0.717) is 5.69 Å². The Balaban J connectivity index is 1.86. The lowest BCUT2D eigenvalue weighted by Crippen LogP contribution is -2.37. The summed E-state index contributed by atoms with van der Waals surface area (Å²) in [7, 11) is 0. The molecule has 2 amide bonds. The molecule has 0 spiro atoms. The number of nitrogens with one attached hydrogen (secondary N) is 2. The molecule has 1 atom stereocenters. The molecule has 0 aliphatic rings. The fourth-order valence-corrected chi connectivity index (χ4v) is 2.24. The molecule has 21 heavy (non-hydrogen) atoms. The number of carbonyl (C=O) groups excluding carboxylic acids is 2. The van der Waals surface area contributed by atoms with Gasteiger partial charge >= 0.3 is 11.8 Å². The van der Waals surface area contributed by atoms with Crippen LogP contribution in [0.2, 0.25) is 0 Å². The van der Waals surface area contributed by atoms with Crippen LogP contribution in [0.15, 0.2) is 41.1 Å². The fraction of sp³-hybridized carbons (Fsp3) is 0.143. The summed E-state index contributed by atoms with van der Waals surface area (Å²) in [6.07, 6.45) is -1.22. The van der Waals surface area contributed by atoms with Crippen molar-refractivity contribution in [2.75, 3.05) is 11.9 Å². The van der Waals surface area contributed by atoms with E-state index in [1.807, 2.05) is 0 Å². The van der Waals surface area contributed by atoms with Gasteiger partial charge in [-0.3, -0.25) is 9.59 Å². The monoisotopic (exact) mass is 308 g/mol. The van der Waals surface area contributed by atoms with Crippen molar-refractivity contribution < 1.29 is 19.1 Å². The van der Waals surface area contributed by atoms with E-state index in [1.54, 1.807) is 22.9 Å². The minimum Gasteiger partial charge on any atom is -0.386 e. The summed E-state index contributed by atoms with van der Waals surface area (Å²) in [5.74, 6) is -2.30. The van der Waals surface area contributed by atoms with Crippen molar-refractivity contribution in [1.29, 1.82) is 0 Å². The average molecular weight is 308 g/mol. The van der Waals surface area contributed by atoms with E-state index in [1.165, 1.54) is 29.5 Å². The van der Waals surface area contributed by atoms with Crippen LogP contribution in [0, 0.1) is 5.82 Å². The van der Waals surface area contributed by atoms with Gasteiger partial charge in [-0.25, -0.2) is 4.39 Å². The van der Waals surface area contributed by atoms with Gasteiger partial charge in [0.25, 0.3) is 0 Å². The molecule has 0 radical (unpaired) electrons. The summed E-state index contributed by atoms with van der Waals surface area (Å²) in [4.78, 5) is 23.1. The zero-order chi connectivity index (χ0) is 15.2. The molecule has 0 fully saturated rings. The Labute approximate surface area is 124 Å². The van der Waals surface area contributed by atoms with Gasteiger partial charge in [-0.1, -0.05) is 18.2 Å². The number of anilines is 1. The summed E-state index contributed by atoms with van der Waals surface area (Å²) in [5, 5.41) is 17.9. The molecule has 1 heterocycles. The summed E-state index contributed by atoms with van der Waals surface area (Å²) >= 11 is 1.38. The van der Waals surface area contributed by atoms with Crippen LogP contribution in [0.3, 0.4) is 0 Å². The Bertz CT molecular complexity index is 631. The van der Waals surface area contributed by atoms with Crippen molar-refractivity contribution in [3.63, 3.8) is 0 Å². The molecule has 2 aromatic rings. The second-order valence-electron chi connectivity index (χ2n) is 4.21. The zero-order valence-corrected chi connectivity index (χ0v) is 11.7. The topological polar surface area (TPSA) is 78.4 Å². The van der Waals surface area contributed by atoms with Crippen LogP contribution in [-0.4, -0.2) is 23.5 Å². The number of carbonyl (C=O) groups is 2. The molecule has 0 aliphatic heterocycles. The van der Waals surface area contributed by atoms with Gasteiger partial charge in [-0.2, -0.15) is 11.3 Å². The molecule has 0 saturated carbocycles. The van der Waals surface area contributed by atoms with Crippen LogP contribution in [0.5, 0.6) is 0 Å². The highest BCUT2D eigenvalue weighted by Gasteiger charge is 2.17.